The average Bonchev–Trinajstić information content (AvgIpc) is 3.16. The van der Waals surface area contributed by atoms with Gasteiger partial charge in [-0.25, -0.2) is 16.8 Å². The Labute approximate surface area is 144 Å². The Bertz CT molecular complexity index is 825. The van der Waals surface area contributed by atoms with Crippen LogP contribution in [0, 0.1) is 0 Å². The first-order chi connectivity index (χ1) is 10.5. The monoisotopic (exact) mass is 401 g/mol. The van der Waals surface area contributed by atoms with E-state index in [1.807, 2.05) is 0 Å². The van der Waals surface area contributed by atoms with Crippen LogP contribution in [0.25, 0.3) is 0 Å². The number of rotatable bonds is 6. The van der Waals surface area contributed by atoms with Crippen LogP contribution < -0.4 is 0 Å². The van der Waals surface area contributed by atoms with Crippen LogP contribution in [-0.2, 0) is 29.4 Å². The van der Waals surface area contributed by atoms with Gasteiger partial charge in [0.25, 0.3) is 0 Å². The van der Waals surface area contributed by atoms with Gasteiger partial charge in [-0.05, 0) is 25.8 Å². The van der Waals surface area contributed by atoms with E-state index >= 15 is 0 Å². The van der Waals surface area contributed by atoms with Crippen LogP contribution >= 0.6 is 22.9 Å². The highest BCUT2D eigenvalue weighted by Gasteiger charge is 2.45. The van der Waals surface area contributed by atoms with Crippen LogP contribution in [0.1, 0.15) is 19.8 Å². The van der Waals surface area contributed by atoms with Gasteiger partial charge in [0.15, 0.2) is 9.84 Å². The summed E-state index contributed by atoms with van der Waals surface area (Å²) in [6, 6.07) is -0.293. The van der Waals surface area contributed by atoms with Crippen LogP contribution in [0.5, 0.6) is 0 Å². The SMILES string of the molecule is COC(=O)[C@H](C)N(C1CC1)S(=O)(=O)c1cc(S(C)(=O)=O)sc1Cl. The van der Waals surface area contributed by atoms with Crippen molar-refractivity contribution in [2.24, 2.45) is 0 Å². The highest BCUT2D eigenvalue weighted by atomic mass is 35.5. The summed E-state index contributed by atoms with van der Waals surface area (Å²) in [6.07, 6.45) is 2.23. The highest BCUT2D eigenvalue weighted by Crippen LogP contribution is 2.40. The summed E-state index contributed by atoms with van der Waals surface area (Å²) in [5.41, 5.74) is 0. The number of halogens is 1. The first kappa shape index (κ1) is 18.7. The molecule has 1 fully saturated rings. The van der Waals surface area contributed by atoms with Crippen molar-refractivity contribution in [1.29, 1.82) is 0 Å². The van der Waals surface area contributed by atoms with Crippen molar-refractivity contribution < 1.29 is 26.4 Å². The second-order valence-electron chi connectivity index (χ2n) is 5.24. The number of carbonyl (C=O) groups is 1. The molecule has 0 radical (unpaired) electrons. The lowest BCUT2D eigenvalue weighted by Crippen LogP contribution is -2.45. The average molecular weight is 402 g/mol. The molecule has 0 aromatic carbocycles. The molecule has 0 saturated heterocycles. The number of thiophene rings is 1. The molecule has 1 aromatic rings. The largest absolute Gasteiger partial charge is 0.468 e. The predicted molar refractivity (Wildman–Crippen MR) is 86.0 cm³/mol. The number of sulfonamides is 1. The number of ether oxygens (including phenoxy) is 1. The van der Waals surface area contributed by atoms with E-state index in [4.69, 9.17) is 11.6 Å². The van der Waals surface area contributed by atoms with Crippen molar-refractivity contribution >= 4 is 48.8 Å². The quantitative estimate of drug-likeness (QED) is 0.670. The van der Waals surface area contributed by atoms with E-state index in [2.05, 4.69) is 4.74 Å². The molecule has 0 aliphatic heterocycles. The molecule has 1 aliphatic rings. The summed E-state index contributed by atoms with van der Waals surface area (Å²) in [4.78, 5) is 11.5. The molecule has 0 unspecified atom stereocenters. The Morgan fingerprint density at radius 1 is 1.39 bits per heavy atom. The Kier molecular flexibility index (Phi) is 5.13. The van der Waals surface area contributed by atoms with Crippen molar-refractivity contribution in [1.82, 2.24) is 4.31 Å². The van der Waals surface area contributed by atoms with Crippen molar-refractivity contribution in [2.45, 2.75) is 41.0 Å². The second-order valence-corrected chi connectivity index (χ2v) is 10.9. The first-order valence-electron chi connectivity index (χ1n) is 6.61. The van der Waals surface area contributed by atoms with Gasteiger partial charge < -0.3 is 4.74 Å². The molecule has 0 amide bonds. The molecule has 1 aliphatic carbocycles. The van der Waals surface area contributed by atoms with E-state index in [1.165, 1.54) is 14.0 Å². The van der Waals surface area contributed by atoms with Gasteiger partial charge in [-0.2, -0.15) is 4.31 Å². The molecule has 23 heavy (non-hydrogen) atoms. The molecule has 2 rings (SSSR count). The molecule has 1 heterocycles. The first-order valence-corrected chi connectivity index (χ1v) is 11.1. The molecular formula is C12H16ClNO6S3. The molecule has 1 aromatic heterocycles. The zero-order chi connectivity index (χ0) is 17.6. The van der Waals surface area contributed by atoms with Crippen molar-refractivity contribution in [3.05, 3.63) is 10.4 Å². The standard InChI is InChI=1S/C12H16ClNO6S3/c1-7(12(15)20-2)14(8-4-5-8)23(18,19)9-6-10(21-11(9)13)22(3,16)17/h6-8H,4-5H2,1-3H3/t7-/m0/s1. The maximum Gasteiger partial charge on any atom is 0.323 e. The molecule has 130 valence electrons. The van der Waals surface area contributed by atoms with Crippen LogP contribution in [-0.4, -0.2) is 52.6 Å². The molecule has 1 atom stereocenters. The number of hydrogen-bond donors (Lipinski definition) is 0. The van der Waals surface area contributed by atoms with Gasteiger partial charge in [0.2, 0.25) is 10.0 Å². The fraction of sp³-hybridized carbons (Fsp3) is 0.583. The molecular weight excluding hydrogens is 386 g/mol. The van der Waals surface area contributed by atoms with E-state index < -0.39 is 31.9 Å². The van der Waals surface area contributed by atoms with Crippen LogP contribution in [0.4, 0.5) is 0 Å². The Hall–Kier alpha value is -0.680. The summed E-state index contributed by atoms with van der Waals surface area (Å²) in [5.74, 6) is -0.685. The third-order valence-electron chi connectivity index (χ3n) is 3.38. The number of nitrogens with zero attached hydrogens (tertiary/aromatic N) is 1. The highest BCUT2D eigenvalue weighted by molar-refractivity contribution is 7.93. The van der Waals surface area contributed by atoms with Gasteiger partial charge in [0, 0.05) is 12.3 Å². The fourth-order valence-electron chi connectivity index (χ4n) is 2.13. The number of carbonyl (C=O) groups excluding carboxylic acids is 1. The fourth-order valence-corrected chi connectivity index (χ4v) is 6.95. The normalized spacial score (nSPS) is 17.3. The van der Waals surface area contributed by atoms with Crippen molar-refractivity contribution in [3.8, 4) is 0 Å². The number of sulfone groups is 1. The second kappa shape index (κ2) is 6.32. The van der Waals surface area contributed by atoms with Gasteiger partial charge in [0.1, 0.15) is 19.5 Å². The Morgan fingerprint density at radius 3 is 2.35 bits per heavy atom. The lowest BCUT2D eigenvalue weighted by atomic mass is 10.3. The van der Waals surface area contributed by atoms with Crippen molar-refractivity contribution in [2.75, 3.05) is 13.4 Å². The molecule has 7 nitrogen and oxygen atoms in total. The smallest absolute Gasteiger partial charge is 0.323 e. The minimum atomic E-state index is -4.12. The zero-order valence-electron chi connectivity index (χ0n) is 12.6. The van der Waals surface area contributed by atoms with Gasteiger partial charge in [-0.15, -0.1) is 11.3 Å². The minimum absolute atomic E-state index is 0.137. The minimum Gasteiger partial charge on any atom is -0.468 e. The third-order valence-corrected chi connectivity index (χ3v) is 8.83. The maximum absolute atomic E-state index is 12.9. The van der Waals surface area contributed by atoms with Crippen LogP contribution in [0.2, 0.25) is 4.34 Å². The van der Waals surface area contributed by atoms with E-state index in [9.17, 15) is 21.6 Å². The summed E-state index contributed by atoms with van der Waals surface area (Å²) >= 11 is 6.63. The van der Waals surface area contributed by atoms with E-state index in [0.29, 0.717) is 24.2 Å². The van der Waals surface area contributed by atoms with E-state index in [1.54, 1.807) is 0 Å². The van der Waals surface area contributed by atoms with Gasteiger partial charge in [0.05, 0.1) is 7.11 Å². The number of hydrogen-bond acceptors (Lipinski definition) is 7. The van der Waals surface area contributed by atoms with Gasteiger partial charge in [-0.1, -0.05) is 11.6 Å². The zero-order valence-corrected chi connectivity index (χ0v) is 15.9. The topological polar surface area (TPSA) is 97.8 Å². The lowest BCUT2D eigenvalue weighted by molar-refractivity contribution is -0.144. The van der Waals surface area contributed by atoms with Crippen LogP contribution in [0.15, 0.2) is 15.2 Å². The molecule has 0 bridgehead atoms. The van der Waals surface area contributed by atoms with Gasteiger partial charge >= 0.3 is 5.97 Å². The summed E-state index contributed by atoms with van der Waals surface area (Å²) in [6.45, 7) is 1.43. The van der Waals surface area contributed by atoms with E-state index in [-0.39, 0.29) is 19.5 Å². The van der Waals surface area contributed by atoms with Crippen molar-refractivity contribution in [3.63, 3.8) is 0 Å². The summed E-state index contributed by atoms with van der Waals surface area (Å²) in [7, 11) is -6.52. The Morgan fingerprint density at radius 2 is 1.96 bits per heavy atom. The molecule has 0 spiro atoms. The third kappa shape index (κ3) is 3.71. The Balaban J connectivity index is 2.51. The molecule has 1 saturated carbocycles. The number of esters is 1. The molecule has 11 heteroatoms. The summed E-state index contributed by atoms with van der Waals surface area (Å²) < 4.78 is 54.4. The summed E-state index contributed by atoms with van der Waals surface area (Å²) in [5, 5.41) is 0. The van der Waals surface area contributed by atoms with Crippen LogP contribution in [0.3, 0.4) is 0 Å². The molecule has 0 N–H and O–H groups in total. The van der Waals surface area contributed by atoms with E-state index in [0.717, 1.165) is 16.6 Å². The maximum atomic E-state index is 12.9. The number of methoxy groups -OCH3 is 1. The van der Waals surface area contributed by atoms with Gasteiger partial charge in [-0.3, -0.25) is 4.79 Å². The lowest BCUT2D eigenvalue weighted by Gasteiger charge is -2.26. The predicted octanol–water partition coefficient (Wildman–Crippen LogP) is 1.52.